The van der Waals surface area contributed by atoms with E-state index in [0.29, 0.717) is 11.3 Å². The van der Waals surface area contributed by atoms with E-state index in [1.54, 1.807) is 31.2 Å². The van der Waals surface area contributed by atoms with E-state index in [1.165, 1.54) is 0 Å². The number of ether oxygens (including phenoxy) is 1. The zero-order valence-electron chi connectivity index (χ0n) is 14.7. The third-order valence-electron chi connectivity index (χ3n) is 3.47. The predicted octanol–water partition coefficient (Wildman–Crippen LogP) is 2.16. The molecule has 2 rings (SSSR count). The molecular formula is C17H20N4O4S. The third-order valence-corrected chi connectivity index (χ3v) is 4.33. The fourth-order valence-electron chi connectivity index (χ4n) is 1.80. The molecule has 0 radical (unpaired) electrons. The number of amides is 1. The first-order chi connectivity index (χ1) is 12.4. The molecule has 1 heterocycles. The van der Waals surface area contributed by atoms with Gasteiger partial charge in [-0.25, -0.2) is 4.79 Å². The zero-order chi connectivity index (χ0) is 19.1. The zero-order valence-corrected chi connectivity index (χ0v) is 15.6. The van der Waals surface area contributed by atoms with Gasteiger partial charge in [0.25, 0.3) is 5.56 Å². The second-order valence-corrected chi connectivity index (χ2v) is 6.55. The number of aromatic nitrogens is 3. The van der Waals surface area contributed by atoms with Crippen molar-refractivity contribution in [2.75, 3.05) is 11.1 Å². The largest absolute Gasteiger partial charge is 0.459 e. The van der Waals surface area contributed by atoms with Crippen LogP contribution in [0.25, 0.3) is 0 Å². The van der Waals surface area contributed by atoms with Gasteiger partial charge in [0.05, 0.1) is 17.4 Å². The standard InChI is InChI=1S/C17H20N4O4S/c1-4-10(2)25-16(24)12-5-7-13(8-6-12)18-14(22)9-26-17-19-15(23)11(3)20-21-17/h5-8,10H,4,9H2,1-3H3,(H,18,22)(H,19,21,23)/t10-/m1/s1. The van der Waals surface area contributed by atoms with E-state index in [0.717, 1.165) is 18.2 Å². The molecule has 0 spiro atoms. The second kappa shape index (κ2) is 9.14. The van der Waals surface area contributed by atoms with Gasteiger partial charge >= 0.3 is 5.97 Å². The smallest absolute Gasteiger partial charge is 0.338 e. The van der Waals surface area contributed by atoms with Crippen molar-refractivity contribution in [1.29, 1.82) is 0 Å². The summed E-state index contributed by atoms with van der Waals surface area (Å²) >= 11 is 1.07. The lowest BCUT2D eigenvalue weighted by atomic mass is 10.2. The molecule has 2 aromatic rings. The van der Waals surface area contributed by atoms with Crippen LogP contribution in [-0.4, -0.2) is 38.9 Å². The average molecular weight is 376 g/mol. The van der Waals surface area contributed by atoms with Crippen LogP contribution in [0.1, 0.15) is 36.3 Å². The lowest BCUT2D eigenvalue weighted by molar-refractivity contribution is -0.113. The number of aromatic amines is 1. The molecular weight excluding hydrogens is 356 g/mol. The van der Waals surface area contributed by atoms with Gasteiger partial charge in [-0.2, -0.15) is 0 Å². The number of esters is 1. The number of benzene rings is 1. The van der Waals surface area contributed by atoms with E-state index < -0.39 is 5.97 Å². The fraction of sp³-hybridized carbons (Fsp3) is 0.353. The summed E-state index contributed by atoms with van der Waals surface area (Å²) in [7, 11) is 0. The van der Waals surface area contributed by atoms with E-state index in [1.807, 2.05) is 13.8 Å². The Morgan fingerprint density at radius 2 is 1.96 bits per heavy atom. The molecule has 0 aliphatic rings. The number of carbonyl (C=O) groups excluding carboxylic acids is 2. The third kappa shape index (κ3) is 5.69. The van der Waals surface area contributed by atoms with Crippen molar-refractivity contribution >= 4 is 29.3 Å². The molecule has 0 aliphatic carbocycles. The Kier molecular flexibility index (Phi) is 6.90. The predicted molar refractivity (Wildman–Crippen MR) is 98.4 cm³/mol. The quantitative estimate of drug-likeness (QED) is 0.562. The van der Waals surface area contributed by atoms with Gasteiger partial charge in [0.2, 0.25) is 5.91 Å². The highest BCUT2D eigenvalue weighted by atomic mass is 32.2. The van der Waals surface area contributed by atoms with Crippen LogP contribution in [0.5, 0.6) is 0 Å². The molecule has 8 nitrogen and oxygen atoms in total. The summed E-state index contributed by atoms with van der Waals surface area (Å²) in [5.74, 6) is -0.603. The normalized spacial score (nSPS) is 11.7. The van der Waals surface area contributed by atoms with Crippen LogP contribution in [0, 0.1) is 6.92 Å². The Hall–Kier alpha value is -2.68. The van der Waals surface area contributed by atoms with E-state index in [4.69, 9.17) is 4.74 Å². The molecule has 0 fully saturated rings. The maximum absolute atomic E-state index is 12.0. The highest BCUT2D eigenvalue weighted by Crippen LogP contribution is 2.14. The van der Waals surface area contributed by atoms with E-state index in [9.17, 15) is 14.4 Å². The van der Waals surface area contributed by atoms with Gasteiger partial charge in [0.1, 0.15) is 5.69 Å². The molecule has 0 aliphatic heterocycles. The van der Waals surface area contributed by atoms with Crippen molar-refractivity contribution in [1.82, 2.24) is 15.2 Å². The number of rotatable bonds is 7. The monoisotopic (exact) mass is 376 g/mol. The number of thioether (sulfide) groups is 1. The Balaban J connectivity index is 1.87. The van der Waals surface area contributed by atoms with Crippen LogP contribution in [0.4, 0.5) is 5.69 Å². The minimum absolute atomic E-state index is 0.0610. The minimum atomic E-state index is -0.394. The molecule has 1 atom stereocenters. The topological polar surface area (TPSA) is 114 Å². The van der Waals surface area contributed by atoms with Crippen molar-refractivity contribution in [3.05, 3.63) is 45.9 Å². The Labute approximate surface area is 154 Å². The highest BCUT2D eigenvalue weighted by Gasteiger charge is 2.11. The summed E-state index contributed by atoms with van der Waals surface area (Å²) in [6.45, 7) is 5.32. The van der Waals surface area contributed by atoms with Gasteiger partial charge in [0, 0.05) is 5.69 Å². The van der Waals surface area contributed by atoms with E-state index >= 15 is 0 Å². The first-order valence-corrected chi connectivity index (χ1v) is 9.05. The van der Waals surface area contributed by atoms with Gasteiger partial charge < -0.3 is 10.1 Å². The number of nitrogens with one attached hydrogen (secondary N) is 2. The average Bonchev–Trinajstić information content (AvgIpc) is 2.63. The SMILES string of the molecule is CC[C@@H](C)OC(=O)c1ccc(NC(=O)CSc2nnc(C)c(=O)[nH]2)cc1. The molecule has 1 aromatic carbocycles. The van der Waals surface area contributed by atoms with Gasteiger partial charge in [0.15, 0.2) is 5.16 Å². The number of aryl methyl sites for hydroxylation is 1. The summed E-state index contributed by atoms with van der Waals surface area (Å²) < 4.78 is 5.24. The summed E-state index contributed by atoms with van der Waals surface area (Å²) in [5, 5.41) is 10.5. The molecule has 9 heteroatoms. The minimum Gasteiger partial charge on any atom is -0.459 e. The van der Waals surface area contributed by atoms with Gasteiger partial charge in [-0.3, -0.25) is 14.6 Å². The summed E-state index contributed by atoms with van der Waals surface area (Å²) in [6.07, 6.45) is 0.601. The van der Waals surface area contributed by atoms with Crippen molar-refractivity contribution in [2.45, 2.75) is 38.5 Å². The molecule has 26 heavy (non-hydrogen) atoms. The van der Waals surface area contributed by atoms with Crippen LogP contribution in [0.3, 0.4) is 0 Å². The van der Waals surface area contributed by atoms with Crippen LogP contribution in [-0.2, 0) is 9.53 Å². The Morgan fingerprint density at radius 3 is 2.58 bits per heavy atom. The van der Waals surface area contributed by atoms with Crippen LogP contribution in [0.15, 0.2) is 34.2 Å². The number of carbonyl (C=O) groups is 2. The first kappa shape index (κ1) is 19.6. The number of hydrogen-bond acceptors (Lipinski definition) is 7. The van der Waals surface area contributed by atoms with Crippen LogP contribution >= 0.6 is 11.8 Å². The van der Waals surface area contributed by atoms with Crippen molar-refractivity contribution in [2.24, 2.45) is 0 Å². The Morgan fingerprint density at radius 1 is 1.27 bits per heavy atom. The van der Waals surface area contributed by atoms with Crippen molar-refractivity contribution < 1.29 is 14.3 Å². The molecule has 0 saturated carbocycles. The summed E-state index contributed by atoms with van der Waals surface area (Å²) in [4.78, 5) is 37.9. The molecule has 1 amide bonds. The van der Waals surface area contributed by atoms with Crippen molar-refractivity contribution in [3.63, 3.8) is 0 Å². The Bertz CT molecular complexity index is 835. The molecule has 0 unspecified atom stereocenters. The maximum atomic E-state index is 12.0. The van der Waals surface area contributed by atoms with Gasteiger partial charge in [-0.15, -0.1) is 10.2 Å². The lowest BCUT2D eigenvalue weighted by Gasteiger charge is -2.11. The highest BCUT2D eigenvalue weighted by molar-refractivity contribution is 7.99. The maximum Gasteiger partial charge on any atom is 0.338 e. The van der Waals surface area contributed by atoms with Gasteiger partial charge in [-0.05, 0) is 44.5 Å². The number of hydrogen-bond donors (Lipinski definition) is 2. The second-order valence-electron chi connectivity index (χ2n) is 5.58. The van der Waals surface area contributed by atoms with Crippen LogP contribution in [0.2, 0.25) is 0 Å². The van der Waals surface area contributed by atoms with E-state index in [-0.39, 0.29) is 34.2 Å². The van der Waals surface area contributed by atoms with E-state index in [2.05, 4.69) is 20.5 Å². The van der Waals surface area contributed by atoms with Crippen molar-refractivity contribution in [3.8, 4) is 0 Å². The molecule has 1 aromatic heterocycles. The van der Waals surface area contributed by atoms with Crippen LogP contribution < -0.4 is 10.9 Å². The fourth-order valence-corrected chi connectivity index (χ4v) is 2.40. The molecule has 2 N–H and O–H groups in total. The molecule has 138 valence electrons. The molecule has 0 saturated heterocycles. The lowest BCUT2D eigenvalue weighted by Crippen LogP contribution is -2.17. The number of nitrogens with zero attached hydrogens (tertiary/aromatic N) is 2. The summed E-state index contributed by atoms with van der Waals surface area (Å²) in [6, 6.07) is 6.44. The first-order valence-electron chi connectivity index (χ1n) is 8.06. The number of H-pyrrole nitrogens is 1. The summed E-state index contributed by atoms with van der Waals surface area (Å²) in [5.41, 5.74) is 0.915. The van der Waals surface area contributed by atoms with Gasteiger partial charge in [-0.1, -0.05) is 18.7 Å². The number of anilines is 1. The molecule has 0 bridgehead atoms.